The Bertz CT molecular complexity index is 1480. The molecule has 7 nitrogen and oxygen atoms in total. The van der Waals surface area contributed by atoms with Gasteiger partial charge in [-0.25, -0.2) is 9.50 Å². The van der Waals surface area contributed by atoms with Crippen molar-refractivity contribution in [1.29, 1.82) is 0 Å². The molecule has 1 aliphatic heterocycles. The molecule has 2 aromatic heterocycles. The fourth-order valence-electron chi connectivity index (χ4n) is 4.51. The van der Waals surface area contributed by atoms with Crippen LogP contribution in [-0.2, 0) is 0 Å². The van der Waals surface area contributed by atoms with Crippen molar-refractivity contribution in [3.8, 4) is 28.4 Å². The van der Waals surface area contributed by atoms with Gasteiger partial charge in [0.1, 0.15) is 17.6 Å². The van der Waals surface area contributed by atoms with Crippen LogP contribution < -0.4 is 15.2 Å². The van der Waals surface area contributed by atoms with E-state index in [0.29, 0.717) is 38.6 Å². The van der Waals surface area contributed by atoms with E-state index in [0.717, 1.165) is 48.4 Å². The molecule has 0 aliphatic carbocycles. The van der Waals surface area contributed by atoms with Crippen LogP contribution in [0.15, 0.2) is 67.5 Å². The van der Waals surface area contributed by atoms with Crippen molar-refractivity contribution in [2.45, 2.75) is 6.42 Å². The molecular weight excluding hydrogens is 497 g/mol. The number of nitrogens with two attached hydrogens (primary N) is 1. The van der Waals surface area contributed by atoms with Gasteiger partial charge in [0.05, 0.1) is 17.8 Å². The molecule has 9 heteroatoms. The molecule has 0 amide bonds. The Kier molecular flexibility index (Phi) is 6.87. The summed E-state index contributed by atoms with van der Waals surface area (Å²) >= 11 is 13.2. The normalized spacial score (nSPS) is 14.0. The summed E-state index contributed by atoms with van der Waals surface area (Å²) in [6.07, 6.45) is 6.47. The van der Waals surface area contributed by atoms with Crippen molar-refractivity contribution >= 4 is 40.1 Å². The average Bonchev–Trinajstić information content (AvgIpc) is 3.18. The number of nitrogen functional groups attached to an aromatic ring is 1. The lowest BCUT2D eigenvalue weighted by atomic mass is 10.0. The van der Waals surface area contributed by atoms with E-state index in [2.05, 4.69) is 27.6 Å². The molecule has 0 atom stereocenters. The first-order valence-electron chi connectivity index (χ1n) is 11.4. The minimum Gasteiger partial charge on any atom is -0.493 e. The molecule has 5 rings (SSSR count). The standard InChI is InChI=1S/C27H25Cl2N5O2/c1-3-11-33-12-5-6-18(15-33)25-24(29)23(26-27(30)31-16-32-34(25)26)17-9-10-21(22(13-17)35-2)36-20-8-4-7-19(28)14-20/h3-4,6-10,13-14,16H,1,5,11-12,15H2,2H3,(H2,30,31,32). The number of halogens is 2. The Morgan fingerprint density at radius 3 is 2.81 bits per heavy atom. The second kappa shape index (κ2) is 10.2. The number of methoxy groups -OCH3 is 1. The van der Waals surface area contributed by atoms with Gasteiger partial charge in [-0.2, -0.15) is 5.10 Å². The van der Waals surface area contributed by atoms with Crippen LogP contribution >= 0.6 is 23.2 Å². The van der Waals surface area contributed by atoms with Gasteiger partial charge in [-0.1, -0.05) is 47.5 Å². The van der Waals surface area contributed by atoms with Crippen LogP contribution in [0.1, 0.15) is 12.1 Å². The minimum absolute atomic E-state index is 0.339. The second-order valence-corrected chi connectivity index (χ2v) is 9.22. The van der Waals surface area contributed by atoms with Gasteiger partial charge in [-0.05, 0) is 47.9 Å². The van der Waals surface area contributed by atoms with E-state index in [-0.39, 0.29) is 0 Å². The molecule has 0 spiro atoms. The molecule has 184 valence electrons. The number of ether oxygens (including phenoxy) is 2. The summed E-state index contributed by atoms with van der Waals surface area (Å²) in [6.45, 7) is 6.37. The van der Waals surface area contributed by atoms with Gasteiger partial charge >= 0.3 is 0 Å². The van der Waals surface area contributed by atoms with Crippen molar-refractivity contribution in [3.05, 3.63) is 83.3 Å². The number of anilines is 1. The SMILES string of the molecule is C=CCN1CCC=C(c2c(Cl)c(-c3ccc(Oc4cccc(Cl)c4)c(OC)c3)c3c(N)ncnn23)C1. The minimum atomic E-state index is 0.339. The summed E-state index contributed by atoms with van der Waals surface area (Å²) in [5.41, 5.74) is 10.4. The number of hydrogen-bond donors (Lipinski definition) is 1. The lowest BCUT2D eigenvalue weighted by Crippen LogP contribution is -2.30. The molecule has 0 fully saturated rings. The quantitative estimate of drug-likeness (QED) is 0.285. The highest BCUT2D eigenvalue weighted by Gasteiger charge is 2.26. The molecule has 36 heavy (non-hydrogen) atoms. The van der Waals surface area contributed by atoms with Crippen LogP contribution in [-0.4, -0.2) is 46.2 Å². The zero-order valence-electron chi connectivity index (χ0n) is 19.7. The smallest absolute Gasteiger partial charge is 0.169 e. The zero-order valence-corrected chi connectivity index (χ0v) is 21.3. The van der Waals surface area contributed by atoms with Crippen LogP contribution in [0.5, 0.6) is 17.2 Å². The van der Waals surface area contributed by atoms with Gasteiger partial charge in [-0.3, -0.25) is 4.90 Å². The van der Waals surface area contributed by atoms with E-state index in [4.69, 9.17) is 38.4 Å². The number of aromatic nitrogens is 3. The van der Waals surface area contributed by atoms with Crippen LogP contribution in [0.4, 0.5) is 5.82 Å². The highest BCUT2D eigenvalue weighted by molar-refractivity contribution is 6.36. The third kappa shape index (κ3) is 4.53. The fraction of sp³-hybridized carbons (Fsp3) is 0.185. The average molecular weight is 522 g/mol. The molecule has 0 radical (unpaired) electrons. The van der Waals surface area contributed by atoms with Crippen LogP contribution in [0, 0.1) is 0 Å². The van der Waals surface area contributed by atoms with Crippen molar-refractivity contribution < 1.29 is 9.47 Å². The molecule has 0 saturated carbocycles. The number of nitrogens with zero attached hydrogens (tertiary/aromatic N) is 4. The number of hydrogen-bond acceptors (Lipinski definition) is 6. The summed E-state index contributed by atoms with van der Waals surface area (Å²) in [5, 5.41) is 5.65. The summed E-state index contributed by atoms with van der Waals surface area (Å²) in [4.78, 5) is 6.55. The number of benzene rings is 2. The van der Waals surface area contributed by atoms with Crippen LogP contribution in [0.25, 0.3) is 22.2 Å². The Balaban J connectivity index is 1.62. The highest BCUT2D eigenvalue weighted by atomic mass is 35.5. The monoisotopic (exact) mass is 521 g/mol. The molecule has 2 N–H and O–H groups in total. The molecule has 0 bridgehead atoms. The Morgan fingerprint density at radius 1 is 1.17 bits per heavy atom. The molecule has 0 saturated heterocycles. The van der Waals surface area contributed by atoms with Crippen molar-refractivity contribution in [1.82, 2.24) is 19.5 Å². The van der Waals surface area contributed by atoms with Gasteiger partial charge in [-0.15, -0.1) is 6.58 Å². The van der Waals surface area contributed by atoms with Gasteiger partial charge in [0.2, 0.25) is 0 Å². The highest BCUT2D eigenvalue weighted by Crippen LogP contribution is 2.44. The summed E-state index contributed by atoms with van der Waals surface area (Å²) in [6, 6.07) is 12.8. The molecule has 4 aromatic rings. The number of rotatable bonds is 7. The lowest BCUT2D eigenvalue weighted by Gasteiger charge is -2.26. The van der Waals surface area contributed by atoms with E-state index in [9.17, 15) is 0 Å². The third-order valence-corrected chi connectivity index (χ3v) is 6.70. The Hall–Kier alpha value is -3.52. The van der Waals surface area contributed by atoms with E-state index in [1.807, 2.05) is 36.4 Å². The summed E-state index contributed by atoms with van der Waals surface area (Å²) in [7, 11) is 1.59. The largest absolute Gasteiger partial charge is 0.493 e. The van der Waals surface area contributed by atoms with Gasteiger partial charge in [0, 0.05) is 30.2 Å². The molecule has 0 unspecified atom stereocenters. The maximum Gasteiger partial charge on any atom is 0.169 e. The van der Waals surface area contributed by atoms with Crippen molar-refractivity contribution in [3.63, 3.8) is 0 Å². The maximum atomic E-state index is 7.09. The maximum absolute atomic E-state index is 7.09. The first-order chi connectivity index (χ1) is 17.5. The van der Waals surface area contributed by atoms with Crippen LogP contribution in [0.3, 0.4) is 0 Å². The zero-order chi connectivity index (χ0) is 25.2. The van der Waals surface area contributed by atoms with Crippen molar-refractivity contribution in [2.24, 2.45) is 0 Å². The topological polar surface area (TPSA) is 77.9 Å². The van der Waals surface area contributed by atoms with E-state index in [1.54, 1.807) is 23.8 Å². The van der Waals surface area contributed by atoms with Gasteiger partial charge in [0.25, 0.3) is 0 Å². The van der Waals surface area contributed by atoms with Gasteiger partial charge in [0.15, 0.2) is 17.3 Å². The van der Waals surface area contributed by atoms with E-state index in [1.165, 1.54) is 6.33 Å². The van der Waals surface area contributed by atoms with E-state index < -0.39 is 0 Å². The third-order valence-electron chi connectivity index (χ3n) is 6.09. The Labute approximate surface area is 219 Å². The summed E-state index contributed by atoms with van der Waals surface area (Å²) in [5.74, 6) is 2.02. The predicted molar refractivity (Wildman–Crippen MR) is 145 cm³/mol. The second-order valence-electron chi connectivity index (χ2n) is 8.41. The fourth-order valence-corrected chi connectivity index (χ4v) is 5.09. The van der Waals surface area contributed by atoms with Gasteiger partial charge < -0.3 is 15.2 Å². The van der Waals surface area contributed by atoms with Crippen LogP contribution in [0.2, 0.25) is 10.0 Å². The molecular formula is C27H25Cl2N5O2. The van der Waals surface area contributed by atoms with Crippen molar-refractivity contribution in [2.75, 3.05) is 32.5 Å². The molecule has 1 aliphatic rings. The predicted octanol–water partition coefficient (Wildman–Crippen LogP) is 6.36. The summed E-state index contributed by atoms with van der Waals surface area (Å²) < 4.78 is 13.5. The first-order valence-corrected chi connectivity index (χ1v) is 12.2. The molecule has 2 aromatic carbocycles. The molecule has 3 heterocycles. The Morgan fingerprint density at radius 2 is 2.03 bits per heavy atom. The number of fused-ring (bicyclic) bond motifs is 1. The first kappa shape index (κ1) is 24.2. The van der Waals surface area contributed by atoms with E-state index >= 15 is 0 Å². The lowest BCUT2D eigenvalue weighted by molar-refractivity contribution is 0.337.